The minimum absolute atomic E-state index is 0.165. The van der Waals surface area contributed by atoms with Crippen molar-refractivity contribution < 1.29 is 4.79 Å². The van der Waals surface area contributed by atoms with Gasteiger partial charge in [-0.05, 0) is 59.7 Å². The number of benzene rings is 1. The number of carbonyl (C=O) groups is 1. The van der Waals surface area contributed by atoms with E-state index in [2.05, 4.69) is 38.5 Å². The molecule has 1 aromatic carbocycles. The topological polar surface area (TPSA) is 20.3 Å². The molecule has 0 aliphatic carbocycles. The summed E-state index contributed by atoms with van der Waals surface area (Å²) in [5.74, 6) is 0.165. The Morgan fingerprint density at radius 1 is 1.44 bits per heavy atom. The summed E-state index contributed by atoms with van der Waals surface area (Å²) in [6.45, 7) is 0.890. The first-order chi connectivity index (χ1) is 7.72. The fourth-order valence-electron chi connectivity index (χ4n) is 2.02. The third-order valence-corrected chi connectivity index (χ3v) is 4.37. The maximum atomic E-state index is 12.2. The lowest BCUT2D eigenvalue weighted by molar-refractivity contribution is 0.0750. The Labute approximate surface area is 118 Å². The Balaban J connectivity index is 2.15. The van der Waals surface area contributed by atoms with Crippen LogP contribution in [0.5, 0.6) is 0 Å². The number of nitrogens with zero attached hydrogens (tertiary/aromatic N) is 1. The molecule has 0 N–H and O–H groups in total. The summed E-state index contributed by atoms with van der Waals surface area (Å²) in [5.41, 5.74) is 0.799. The van der Waals surface area contributed by atoms with Crippen LogP contribution in [0.25, 0.3) is 0 Å². The largest absolute Gasteiger partial charge is 0.335 e. The lowest BCUT2D eigenvalue weighted by Gasteiger charge is -2.23. The van der Waals surface area contributed by atoms with Crippen LogP contribution in [0.1, 0.15) is 23.2 Å². The zero-order valence-corrected chi connectivity index (χ0v) is 12.6. The minimum atomic E-state index is 0.165. The van der Waals surface area contributed by atoms with Crippen LogP contribution in [-0.2, 0) is 0 Å². The monoisotopic (exact) mass is 393 g/mol. The van der Waals surface area contributed by atoms with E-state index in [1.165, 1.54) is 0 Å². The predicted molar refractivity (Wildman–Crippen MR) is 77.0 cm³/mol. The fourth-order valence-corrected chi connectivity index (χ4v) is 3.05. The summed E-state index contributed by atoms with van der Waals surface area (Å²) in [5, 5.41) is 0.878. The van der Waals surface area contributed by atoms with Gasteiger partial charge in [0.05, 0.1) is 0 Å². The van der Waals surface area contributed by atoms with Gasteiger partial charge >= 0.3 is 0 Å². The zero-order chi connectivity index (χ0) is 11.5. The number of carbonyl (C=O) groups excluding carboxylic acids is 1. The van der Waals surface area contributed by atoms with Gasteiger partial charge in [-0.1, -0.05) is 15.9 Å². The highest BCUT2D eigenvalue weighted by atomic mass is 127. The van der Waals surface area contributed by atoms with Crippen LogP contribution in [0.4, 0.5) is 0 Å². The molecule has 2 nitrogen and oxygen atoms in total. The Morgan fingerprint density at radius 3 is 2.75 bits per heavy atom. The highest BCUT2D eigenvalue weighted by Gasteiger charge is 2.28. The Bertz CT molecular complexity index is 379. The number of halogens is 2. The summed E-state index contributed by atoms with van der Waals surface area (Å²) in [4.78, 5) is 14.2. The van der Waals surface area contributed by atoms with Gasteiger partial charge < -0.3 is 4.90 Å². The van der Waals surface area contributed by atoms with Gasteiger partial charge in [0.15, 0.2) is 0 Å². The van der Waals surface area contributed by atoms with Gasteiger partial charge in [-0.3, -0.25) is 4.79 Å². The SMILES string of the molecule is O=C(c1ccc(I)cc1)N1CCCC1CBr. The molecule has 16 heavy (non-hydrogen) atoms. The normalized spacial score (nSPS) is 20.1. The molecule has 1 aromatic rings. The number of amides is 1. The number of alkyl halides is 1. The van der Waals surface area contributed by atoms with Crippen LogP contribution in [0.15, 0.2) is 24.3 Å². The van der Waals surface area contributed by atoms with Crippen molar-refractivity contribution in [2.75, 3.05) is 11.9 Å². The van der Waals surface area contributed by atoms with E-state index < -0.39 is 0 Å². The van der Waals surface area contributed by atoms with Crippen molar-refractivity contribution in [3.8, 4) is 0 Å². The van der Waals surface area contributed by atoms with Gasteiger partial charge in [0, 0.05) is 27.1 Å². The lowest BCUT2D eigenvalue weighted by atomic mass is 10.2. The van der Waals surface area contributed by atoms with Gasteiger partial charge in [0.2, 0.25) is 0 Å². The smallest absolute Gasteiger partial charge is 0.254 e. The Morgan fingerprint density at radius 2 is 2.12 bits per heavy atom. The fraction of sp³-hybridized carbons (Fsp3) is 0.417. The van der Waals surface area contributed by atoms with E-state index in [0.717, 1.165) is 33.9 Å². The second kappa shape index (κ2) is 5.49. The van der Waals surface area contributed by atoms with Crippen molar-refractivity contribution in [3.63, 3.8) is 0 Å². The Hall–Kier alpha value is -0.100. The van der Waals surface area contributed by atoms with E-state index >= 15 is 0 Å². The lowest BCUT2D eigenvalue weighted by Crippen LogP contribution is -2.36. The zero-order valence-electron chi connectivity index (χ0n) is 8.83. The maximum Gasteiger partial charge on any atom is 0.254 e. The second-order valence-electron chi connectivity index (χ2n) is 3.96. The van der Waals surface area contributed by atoms with E-state index in [4.69, 9.17) is 0 Å². The van der Waals surface area contributed by atoms with Crippen LogP contribution >= 0.6 is 38.5 Å². The molecule has 4 heteroatoms. The van der Waals surface area contributed by atoms with Crippen LogP contribution in [0.3, 0.4) is 0 Å². The summed E-state index contributed by atoms with van der Waals surface area (Å²) in [6.07, 6.45) is 2.23. The molecule has 1 saturated heterocycles. The molecule has 0 bridgehead atoms. The highest BCUT2D eigenvalue weighted by molar-refractivity contribution is 14.1. The van der Waals surface area contributed by atoms with E-state index in [0.29, 0.717) is 6.04 Å². The van der Waals surface area contributed by atoms with Crippen LogP contribution in [-0.4, -0.2) is 28.7 Å². The van der Waals surface area contributed by atoms with Crippen molar-refractivity contribution in [3.05, 3.63) is 33.4 Å². The van der Waals surface area contributed by atoms with Crippen molar-refractivity contribution in [2.45, 2.75) is 18.9 Å². The molecule has 0 spiro atoms. The van der Waals surface area contributed by atoms with Crippen molar-refractivity contribution in [1.82, 2.24) is 4.90 Å². The summed E-state index contributed by atoms with van der Waals surface area (Å²) in [7, 11) is 0. The highest BCUT2D eigenvalue weighted by Crippen LogP contribution is 2.21. The molecule has 1 fully saturated rings. The molecule has 86 valence electrons. The van der Waals surface area contributed by atoms with Gasteiger partial charge in [0.1, 0.15) is 0 Å². The van der Waals surface area contributed by atoms with Crippen LogP contribution in [0.2, 0.25) is 0 Å². The molecule has 0 radical (unpaired) electrons. The van der Waals surface area contributed by atoms with Crippen molar-refractivity contribution in [2.24, 2.45) is 0 Å². The number of likely N-dealkylation sites (tertiary alicyclic amines) is 1. The quantitative estimate of drug-likeness (QED) is 0.557. The van der Waals surface area contributed by atoms with Gasteiger partial charge in [-0.2, -0.15) is 0 Å². The molecule has 0 aromatic heterocycles. The Kier molecular flexibility index (Phi) is 4.24. The number of hydrogen-bond donors (Lipinski definition) is 0. The van der Waals surface area contributed by atoms with Gasteiger partial charge in [-0.25, -0.2) is 0 Å². The molecule has 1 amide bonds. The standard InChI is InChI=1S/C12H13BrINO/c13-8-11-2-1-7-15(11)12(16)9-3-5-10(14)6-4-9/h3-6,11H,1-2,7-8H2. The third kappa shape index (κ3) is 2.59. The van der Waals surface area contributed by atoms with Gasteiger partial charge in [0.25, 0.3) is 5.91 Å². The first kappa shape index (κ1) is 12.4. The number of hydrogen-bond acceptors (Lipinski definition) is 1. The second-order valence-corrected chi connectivity index (χ2v) is 5.85. The number of rotatable bonds is 2. The van der Waals surface area contributed by atoms with E-state index in [-0.39, 0.29) is 5.91 Å². The maximum absolute atomic E-state index is 12.2. The molecule has 0 saturated carbocycles. The van der Waals surface area contributed by atoms with Crippen molar-refractivity contribution >= 4 is 44.4 Å². The van der Waals surface area contributed by atoms with Crippen LogP contribution in [0, 0.1) is 3.57 Å². The van der Waals surface area contributed by atoms with Crippen LogP contribution < -0.4 is 0 Å². The third-order valence-electron chi connectivity index (χ3n) is 2.91. The molecular formula is C12H13BrINO. The average molecular weight is 394 g/mol. The van der Waals surface area contributed by atoms with E-state index in [1.807, 2.05) is 29.2 Å². The summed E-state index contributed by atoms with van der Waals surface area (Å²) < 4.78 is 1.16. The molecule has 1 unspecified atom stereocenters. The average Bonchev–Trinajstić information content (AvgIpc) is 2.77. The summed E-state index contributed by atoms with van der Waals surface area (Å²) in [6, 6.07) is 8.15. The molecule has 1 aliphatic heterocycles. The van der Waals surface area contributed by atoms with E-state index in [1.54, 1.807) is 0 Å². The van der Waals surface area contributed by atoms with Gasteiger partial charge in [-0.15, -0.1) is 0 Å². The minimum Gasteiger partial charge on any atom is -0.335 e. The summed E-state index contributed by atoms with van der Waals surface area (Å²) >= 11 is 5.72. The predicted octanol–water partition coefficient (Wildman–Crippen LogP) is 3.29. The van der Waals surface area contributed by atoms with Crippen molar-refractivity contribution in [1.29, 1.82) is 0 Å². The molecular weight excluding hydrogens is 381 g/mol. The van der Waals surface area contributed by atoms with E-state index in [9.17, 15) is 4.79 Å². The first-order valence-electron chi connectivity index (χ1n) is 5.35. The molecule has 1 aliphatic rings. The first-order valence-corrected chi connectivity index (χ1v) is 7.55. The molecule has 2 rings (SSSR count). The molecule has 1 atom stereocenters. The molecule has 1 heterocycles.